The summed E-state index contributed by atoms with van der Waals surface area (Å²) in [7, 11) is 0. The Labute approximate surface area is 127 Å². The zero-order valence-electron chi connectivity index (χ0n) is 10.7. The van der Waals surface area contributed by atoms with Crippen LogP contribution in [0.1, 0.15) is 25.0 Å². The summed E-state index contributed by atoms with van der Waals surface area (Å²) < 4.78 is 0. The van der Waals surface area contributed by atoms with E-state index in [1.54, 1.807) is 30.0 Å². The minimum atomic E-state index is -0.809. The Kier molecular flexibility index (Phi) is 7.61. The molecular formula is C13H17Cl2NO2S. The maximum atomic E-state index is 11.5. The number of halogens is 2. The molecule has 1 unspecified atom stereocenters. The van der Waals surface area contributed by atoms with Crippen LogP contribution in [0.4, 0.5) is 0 Å². The molecule has 1 amide bonds. The summed E-state index contributed by atoms with van der Waals surface area (Å²) in [6, 6.07) is 4.87. The van der Waals surface area contributed by atoms with Crippen LogP contribution in [0.5, 0.6) is 0 Å². The van der Waals surface area contributed by atoms with Gasteiger partial charge in [-0.25, -0.2) is 0 Å². The number of aliphatic hydroxyl groups excluding tert-OH is 1. The molecule has 3 nitrogen and oxygen atoms in total. The van der Waals surface area contributed by atoms with Crippen LogP contribution in [0.2, 0.25) is 10.0 Å². The van der Waals surface area contributed by atoms with E-state index in [0.29, 0.717) is 21.4 Å². The number of thioether (sulfide) groups is 1. The molecule has 1 aromatic rings. The van der Waals surface area contributed by atoms with Gasteiger partial charge >= 0.3 is 0 Å². The Bertz CT molecular complexity index is 409. The first-order valence-electron chi connectivity index (χ1n) is 6.01. The molecule has 0 saturated carbocycles. The highest BCUT2D eigenvalue weighted by atomic mass is 35.5. The highest BCUT2D eigenvalue weighted by Gasteiger charge is 2.11. The molecule has 0 radical (unpaired) electrons. The zero-order valence-corrected chi connectivity index (χ0v) is 13.0. The molecule has 0 spiro atoms. The van der Waals surface area contributed by atoms with Crippen LogP contribution in [0.15, 0.2) is 18.2 Å². The molecule has 0 aliphatic rings. The Hall–Kier alpha value is -0.420. The van der Waals surface area contributed by atoms with Crippen molar-refractivity contribution >= 4 is 40.9 Å². The quantitative estimate of drug-likeness (QED) is 0.758. The maximum absolute atomic E-state index is 11.5. The summed E-state index contributed by atoms with van der Waals surface area (Å²) in [6.07, 6.45) is 0.234. The summed E-state index contributed by atoms with van der Waals surface area (Å²) in [4.78, 5) is 11.5. The third-order valence-electron chi connectivity index (χ3n) is 2.34. The van der Waals surface area contributed by atoms with E-state index in [0.717, 1.165) is 12.2 Å². The predicted octanol–water partition coefficient (Wildman–Crippen LogP) is 3.29. The van der Waals surface area contributed by atoms with Gasteiger partial charge < -0.3 is 10.4 Å². The van der Waals surface area contributed by atoms with E-state index in [4.69, 9.17) is 23.2 Å². The van der Waals surface area contributed by atoms with Gasteiger partial charge in [0.15, 0.2) is 0 Å². The van der Waals surface area contributed by atoms with Crippen molar-refractivity contribution in [2.75, 3.05) is 18.1 Å². The Morgan fingerprint density at radius 3 is 2.58 bits per heavy atom. The summed E-state index contributed by atoms with van der Waals surface area (Å²) >= 11 is 13.3. The second kappa shape index (κ2) is 8.69. The van der Waals surface area contributed by atoms with Gasteiger partial charge in [-0.1, -0.05) is 30.1 Å². The van der Waals surface area contributed by atoms with Gasteiger partial charge in [0.25, 0.3) is 0 Å². The van der Waals surface area contributed by atoms with E-state index in [-0.39, 0.29) is 12.5 Å². The van der Waals surface area contributed by atoms with Crippen LogP contribution in [0.3, 0.4) is 0 Å². The smallest absolute Gasteiger partial charge is 0.230 e. The second-order valence-electron chi connectivity index (χ2n) is 4.08. The van der Waals surface area contributed by atoms with Gasteiger partial charge in [-0.3, -0.25) is 4.79 Å². The van der Waals surface area contributed by atoms with Crippen molar-refractivity contribution in [3.63, 3.8) is 0 Å². The van der Waals surface area contributed by atoms with Crippen LogP contribution < -0.4 is 5.32 Å². The van der Waals surface area contributed by atoms with Crippen molar-refractivity contribution in [1.29, 1.82) is 0 Å². The van der Waals surface area contributed by atoms with Gasteiger partial charge in [0, 0.05) is 16.6 Å². The van der Waals surface area contributed by atoms with Gasteiger partial charge in [0.05, 0.1) is 11.9 Å². The molecule has 1 rings (SSSR count). The molecule has 1 atom stereocenters. The topological polar surface area (TPSA) is 49.3 Å². The summed E-state index contributed by atoms with van der Waals surface area (Å²) in [5, 5.41) is 13.6. The van der Waals surface area contributed by atoms with Crippen LogP contribution in [0, 0.1) is 0 Å². The number of aliphatic hydroxyl groups is 1. The summed E-state index contributed by atoms with van der Waals surface area (Å²) in [5.74, 6) is 1.29. The van der Waals surface area contributed by atoms with Crippen LogP contribution >= 0.6 is 35.0 Å². The predicted molar refractivity (Wildman–Crippen MR) is 82.0 cm³/mol. The van der Waals surface area contributed by atoms with Gasteiger partial charge in [-0.05, 0) is 35.9 Å². The largest absolute Gasteiger partial charge is 0.387 e. The fourth-order valence-electron chi connectivity index (χ4n) is 1.46. The van der Waals surface area contributed by atoms with E-state index in [9.17, 15) is 9.90 Å². The molecule has 19 heavy (non-hydrogen) atoms. The summed E-state index contributed by atoms with van der Waals surface area (Å²) in [5.41, 5.74) is 0.596. The van der Waals surface area contributed by atoms with E-state index in [2.05, 4.69) is 12.2 Å². The molecule has 0 saturated heterocycles. The van der Waals surface area contributed by atoms with E-state index < -0.39 is 6.10 Å². The Morgan fingerprint density at radius 2 is 2.00 bits per heavy atom. The number of hydrogen-bond acceptors (Lipinski definition) is 3. The lowest BCUT2D eigenvalue weighted by molar-refractivity contribution is -0.119. The van der Waals surface area contributed by atoms with Crippen molar-refractivity contribution < 1.29 is 9.90 Å². The minimum Gasteiger partial charge on any atom is -0.387 e. The molecule has 0 aliphatic heterocycles. The third kappa shape index (κ3) is 6.52. The maximum Gasteiger partial charge on any atom is 0.230 e. The van der Waals surface area contributed by atoms with Crippen LogP contribution in [-0.2, 0) is 4.79 Å². The lowest BCUT2D eigenvalue weighted by atomic mass is 10.1. The molecule has 0 aliphatic carbocycles. The van der Waals surface area contributed by atoms with E-state index in [1.165, 1.54) is 0 Å². The van der Waals surface area contributed by atoms with Gasteiger partial charge in [0.1, 0.15) is 0 Å². The molecule has 6 heteroatoms. The molecular weight excluding hydrogens is 305 g/mol. The van der Waals surface area contributed by atoms with Crippen molar-refractivity contribution in [1.82, 2.24) is 5.32 Å². The van der Waals surface area contributed by atoms with Crippen molar-refractivity contribution in [2.45, 2.75) is 19.4 Å². The van der Waals surface area contributed by atoms with E-state index >= 15 is 0 Å². The van der Waals surface area contributed by atoms with Crippen molar-refractivity contribution in [2.24, 2.45) is 0 Å². The first-order valence-corrected chi connectivity index (χ1v) is 7.92. The molecule has 0 heterocycles. The molecule has 2 N–H and O–H groups in total. The number of rotatable bonds is 7. The monoisotopic (exact) mass is 321 g/mol. The molecule has 1 aromatic carbocycles. The SMILES string of the molecule is CCCSCC(=O)NCC(O)c1cc(Cl)cc(Cl)c1. The Balaban J connectivity index is 2.42. The number of carbonyl (C=O) groups is 1. The fraction of sp³-hybridized carbons (Fsp3) is 0.462. The number of hydrogen-bond donors (Lipinski definition) is 2. The summed E-state index contributed by atoms with van der Waals surface area (Å²) in [6.45, 7) is 2.22. The van der Waals surface area contributed by atoms with Crippen molar-refractivity contribution in [3.05, 3.63) is 33.8 Å². The molecule has 106 valence electrons. The second-order valence-corrected chi connectivity index (χ2v) is 6.05. The third-order valence-corrected chi connectivity index (χ3v) is 3.94. The zero-order chi connectivity index (χ0) is 14.3. The van der Waals surface area contributed by atoms with Crippen LogP contribution in [-0.4, -0.2) is 29.1 Å². The first-order chi connectivity index (χ1) is 9.02. The van der Waals surface area contributed by atoms with E-state index in [1.807, 2.05) is 0 Å². The molecule has 0 fully saturated rings. The fourth-order valence-corrected chi connectivity index (χ4v) is 2.72. The van der Waals surface area contributed by atoms with Crippen molar-refractivity contribution in [3.8, 4) is 0 Å². The van der Waals surface area contributed by atoms with Gasteiger partial charge in [-0.2, -0.15) is 11.8 Å². The number of amides is 1. The lowest BCUT2D eigenvalue weighted by Crippen LogP contribution is -2.29. The molecule has 0 aromatic heterocycles. The number of carbonyl (C=O) groups excluding carboxylic acids is 1. The molecule has 0 bridgehead atoms. The van der Waals surface area contributed by atoms with Crippen LogP contribution in [0.25, 0.3) is 0 Å². The van der Waals surface area contributed by atoms with Gasteiger partial charge in [-0.15, -0.1) is 0 Å². The number of nitrogens with one attached hydrogen (secondary N) is 1. The number of benzene rings is 1. The lowest BCUT2D eigenvalue weighted by Gasteiger charge is -2.13. The normalized spacial score (nSPS) is 12.2. The van der Waals surface area contributed by atoms with Gasteiger partial charge in [0.2, 0.25) is 5.91 Å². The average Bonchev–Trinajstić information content (AvgIpc) is 2.35. The highest BCUT2D eigenvalue weighted by molar-refractivity contribution is 7.99. The first kappa shape index (κ1) is 16.6. The average molecular weight is 322 g/mol. The minimum absolute atomic E-state index is 0.0781. The standard InChI is InChI=1S/C13H17Cl2NO2S/c1-2-3-19-8-13(18)16-7-12(17)9-4-10(14)6-11(15)5-9/h4-6,12,17H,2-3,7-8H2,1H3,(H,16,18). The highest BCUT2D eigenvalue weighted by Crippen LogP contribution is 2.23. The Morgan fingerprint density at radius 1 is 1.37 bits per heavy atom.